The first kappa shape index (κ1) is 14.5. The molecule has 0 spiro atoms. The normalized spacial score (nSPS) is 18.3. The van der Waals surface area contributed by atoms with Crippen LogP contribution in [0.4, 0.5) is 0 Å². The summed E-state index contributed by atoms with van der Waals surface area (Å²) in [7, 11) is 1.76. The van der Waals surface area contributed by atoms with Gasteiger partial charge >= 0.3 is 0 Å². The van der Waals surface area contributed by atoms with Gasteiger partial charge in [0.15, 0.2) is 0 Å². The standard InChI is InChI=1S/C14H22BrNOS/c1-17-9-8-16-11-14(6-2-3-7-14)10-12-4-5-13(15)18-12/h4-5,16H,2-3,6-11H2,1H3. The molecule has 2 nitrogen and oxygen atoms in total. The summed E-state index contributed by atoms with van der Waals surface area (Å²) >= 11 is 5.44. The molecule has 1 aromatic rings. The molecule has 0 aliphatic heterocycles. The van der Waals surface area contributed by atoms with Crippen LogP contribution in [0.5, 0.6) is 0 Å². The summed E-state index contributed by atoms with van der Waals surface area (Å²) in [6.45, 7) is 2.90. The van der Waals surface area contributed by atoms with Gasteiger partial charge in [0.05, 0.1) is 10.4 Å². The Labute approximate surface area is 122 Å². The predicted molar refractivity (Wildman–Crippen MR) is 81.4 cm³/mol. The Morgan fingerprint density at radius 1 is 1.39 bits per heavy atom. The quantitative estimate of drug-likeness (QED) is 0.766. The smallest absolute Gasteiger partial charge is 0.0701 e. The van der Waals surface area contributed by atoms with Crippen molar-refractivity contribution in [1.29, 1.82) is 0 Å². The van der Waals surface area contributed by atoms with Crippen LogP contribution < -0.4 is 5.32 Å². The lowest BCUT2D eigenvalue weighted by Gasteiger charge is -2.29. The highest BCUT2D eigenvalue weighted by Gasteiger charge is 2.33. The van der Waals surface area contributed by atoms with Gasteiger partial charge in [0, 0.05) is 25.1 Å². The molecular formula is C14H22BrNOS. The largest absolute Gasteiger partial charge is 0.383 e. The molecule has 18 heavy (non-hydrogen) atoms. The summed E-state index contributed by atoms with van der Waals surface area (Å²) in [6, 6.07) is 4.44. The lowest BCUT2D eigenvalue weighted by molar-refractivity contribution is 0.190. The molecule has 1 N–H and O–H groups in total. The summed E-state index contributed by atoms with van der Waals surface area (Å²) in [5.41, 5.74) is 0.484. The van der Waals surface area contributed by atoms with Crippen molar-refractivity contribution in [3.63, 3.8) is 0 Å². The van der Waals surface area contributed by atoms with Gasteiger partial charge < -0.3 is 10.1 Å². The average molecular weight is 332 g/mol. The SMILES string of the molecule is COCCNCC1(Cc2ccc(Br)s2)CCCC1. The van der Waals surface area contributed by atoms with Crippen molar-refractivity contribution in [2.45, 2.75) is 32.1 Å². The highest BCUT2D eigenvalue weighted by molar-refractivity contribution is 9.11. The predicted octanol–water partition coefficient (Wildman–Crippen LogP) is 3.85. The molecule has 0 aromatic carbocycles. The first-order valence-electron chi connectivity index (χ1n) is 6.68. The average Bonchev–Trinajstić information content (AvgIpc) is 2.96. The number of rotatable bonds is 7. The Kier molecular flexibility index (Phi) is 5.67. The minimum atomic E-state index is 0.484. The van der Waals surface area contributed by atoms with Crippen molar-refractivity contribution in [2.75, 3.05) is 26.8 Å². The molecule has 1 fully saturated rings. The van der Waals surface area contributed by atoms with Crippen LogP contribution in [0.3, 0.4) is 0 Å². The molecule has 0 radical (unpaired) electrons. The summed E-state index contributed by atoms with van der Waals surface area (Å²) < 4.78 is 6.34. The van der Waals surface area contributed by atoms with E-state index in [1.165, 1.54) is 40.8 Å². The van der Waals surface area contributed by atoms with E-state index in [1.807, 2.05) is 11.3 Å². The van der Waals surface area contributed by atoms with E-state index in [-0.39, 0.29) is 0 Å². The van der Waals surface area contributed by atoms with Crippen molar-refractivity contribution in [2.24, 2.45) is 5.41 Å². The van der Waals surface area contributed by atoms with Crippen molar-refractivity contribution in [3.05, 3.63) is 20.8 Å². The van der Waals surface area contributed by atoms with E-state index < -0.39 is 0 Å². The molecule has 1 aromatic heterocycles. The highest BCUT2D eigenvalue weighted by atomic mass is 79.9. The molecular weight excluding hydrogens is 310 g/mol. The van der Waals surface area contributed by atoms with Crippen LogP contribution in [0, 0.1) is 5.41 Å². The maximum atomic E-state index is 5.09. The zero-order chi connectivity index (χ0) is 12.8. The lowest BCUT2D eigenvalue weighted by Crippen LogP contribution is -2.35. The summed E-state index contributed by atoms with van der Waals surface area (Å²) in [4.78, 5) is 1.51. The van der Waals surface area contributed by atoms with E-state index >= 15 is 0 Å². The van der Waals surface area contributed by atoms with Gasteiger partial charge in [-0.3, -0.25) is 0 Å². The van der Waals surface area contributed by atoms with E-state index in [4.69, 9.17) is 4.74 Å². The molecule has 1 aliphatic rings. The maximum Gasteiger partial charge on any atom is 0.0701 e. The molecule has 102 valence electrons. The molecule has 2 rings (SSSR count). The molecule has 0 bridgehead atoms. The lowest BCUT2D eigenvalue weighted by atomic mass is 9.82. The number of thiophene rings is 1. The molecule has 1 saturated carbocycles. The van der Waals surface area contributed by atoms with E-state index in [9.17, 15) is 0 Å². The second-order valence-electron chi connectivity index (χ2n) is 5.26. The van der Waals surface area contributed by atoms with E-state index in [2.05, 4.69) is 33.4 Å². The van der Waals surface area contributed by atoms with Gasteiger partial charge in [0.25, 0.3) is 0 Å². The fourth-order valence-corrected chi connectivity index (χ4v) is 4.54. The Balaban J connectivity index is 1.89. The third-order valence-electron chi connectivity index (χ3n) is 3.83. The van der Waals surface area contributed by atoms with Gasteiger partial charge in [-0.15, -0.1) is 11.3 Å². The molecule has 1 heterocycles. The van der Waals surface area contributed by atoms with Gasteiger partial charge in [-0.25, -0.2) is 0 Å². The zero-order valence-electron chi connectivity index (χ0n) is 11.0. The first-order chi connectivity index (χ1) is 8.74. The number of halogens is 1. The van der Waals surface area contributed by atoms with Crippen molar-refractivity contribution in [1.82, 2.24) is 5.32 Å². The van der Waals surface area contributed by atoms with Gasteiger partial charge in [-0.05, 0) is 52.7 Å². The molecule has 1 aliphatic carbocycles. The van der Waals surface area contributed by atoms with Crippen molar-refractivity contribution >= 4 is 27.3 Å². The topological polar surface area (TPSA) is 21.3 Å². The maximum absolute atomic E-state index is 5.09. The van der Waals surface area contributed by atoms with Gasteiger partial charge in [-0.1, -0.05) is 12.8 Å². The Morgan fingerprint density at radius 2 is 2.17 bits per heavy atom. The van der Waals surface area contributed by atoms with Crippen LogP contribution in [0.15, 0.2) is 15.9 Å². The Hall–Kier alpha value is 0.1000. The van der Waals surface area contributed by atoms with Gasteiger partial charge in [0.2, 0.25) is 0 Å². The minimum Gasteiger partial charge on any atom is -0.383 e. The van der Waals surface area contributed by atoms with Crippen LogP contribution in [0.1, 0.15) is 30.6 Å². The number of hydrogen-bond donors (Lipinski definition) is 1. The number of nitrogens with one attached hydrogen (secondary N) is 1. The second kappa shape index (κ2) is 7.04. The number of methoxy groups -OCH3 is 1. The van der Waals surface area contributed by atoms with Crippen LogP contribution in [-0.4, -0.2) is 26.8 Å². The van der Waals surface area contributed by atoms with Crippen molar-refractivity contribution < 1.29 is 4.74 Å². The van der Waals surface area contributed by atoms with Crippen LogP contribution in [0.2, 0.25) is 0 Å². The molecule has 0 atom stereocenters. The highest BCUT2D eigenvalue weighted by Crippen LogP contribution is 2.42. The molecule has 4 heteroatoms. The van der Waals surface area contributed by atoms with Crippen LogP contribution in [-0.2, 0) is 11.2 Å². The molecule has 0 amide bonds. The zero-order valence-corrected chi connectivity index (χ0v) is 13.4. The third kappa shape index (κ3) is 4.05. The van der Waals surface area contributed by atoms with Crippen LogP contribution >= 0.6 is 27.3 Å². The van der Waals surface area contributed by atoms with Gasteiger partial charge in [0.1, 0.15) is 0 Å². The fraction of sp³-hybridized carbons (Fsp3) is 0.714. The monoisotopic (exact) mass is 331 g/mol. The fourth-order valence-electron chi connectivity index (χ4n) is 2.89. The number of hydrogen-bond acceptors (Lipinski definition) is 3. The van der Waals surface area contributed by atoms with Crippen LogP contribution in [0.25, 0.3) is 0 Å². The van der Waals surface area contributed by atoms with E-state index in [1.54, 1.807) is 7.11 Å². The van der Waals surface area contributed by atoms with E-state index in [0.29, 0.717) is 5.41 Å². The third-order valence-corrected chi connectivity index (χ3v) is 5.45. The molecule has 0 unspecified atom stereocenters. The Morgan fingerprint density at radius 3 is 2.78 bits per heavy atom. The summed E-state index contributed by atoms with van der Waals surface area (Å²) in [6.07, 6.45) is 6.73. The minimum absolute atomic E-state index is 0.484. The molecule has 0 saturated heterocycles. The second-order valence-corrected chi connectivity index (χ2v) is 7.81. The first-order valence-corrected chi connectivity index (χ1v) is 8.29. The summed E-state index contributed by atoms with van der Waals surface area (Å²) in [5, 5.41) is 3.56. The van der Waals surface area contributed by atoms with E-state index in [0.717, 1.165) is 19.7 Å². The number of ether oxygens (including phenoxy) is 1. The van der Waals surface area contributed by atoms with Gasteiger partial charge in [-0.2, -0.15) is 0 Å². The van der Waals surface area contributed by atoms with Crippen molar-refractivity contribution in [3.8, 4) is 0 Å². The summed E-state index contributed by atoms with van der Waals surface area (Å²) in [5.74, 6) is 0. The Bertz CT molecular complexity index is 360.